The fraction of sp³-hybridized carbons (Fsp3) is 0.350. The Hall–Kier alpha value is -1.89. The maximum Gasteiger partial charge on any atom is 0.251 e. The molecule has 2 aromatic rings. The van der Waals surface area contributed by atoms with Gasteiger partial charge in [-0.3, -0.25) is 4.79 Å². The third-order valence-corrected chi connectivity index (χ3v) is 6.68. The summed E-state index contributed by atoms with van der Waals surface area (Å²) in [6, 6.07) is 15.1. The van der Waals surface area contributed by atoms with Gasteiger partial charge in [-0.05, 0) is 42.7 Å². The van der Waals surface area contributed by atoms with Gasteiger partial charge in [0.15, 0.2) is 9.84 Å². The average Bonchev–Trinajstić information content (AvgIpc) is 3.11. The van der Waals surface area contributed by atoms with Crippen LogP contribution in [0.4, 0.5) is 0 Å². The second kappa shape index (κ2) is 8.87. The number of halogens is 1. The van der Waals surface area contributed by atoms with Gasteiger partial charge in [0.1, 0.15) is 0 Å². The summed E-state index contributed by atoms with van der Waals surface area (Å²) in [5.41, 5.74) is 6.60. The predicted octanol–water partition coefficient (Wildman–Crippen LogP) is 3.08. The molecule has 1 aliphatic carbocycles. The molecule has 0 unspecified atom stereocenters. The average molecular weight is 409 g/mol. The van der Waals surface area contributed by atoms with Crippen LogP contribution in [-0.4, -0.2) is 26.4 Å². The lowest BCUT2D eigenvalue weighted by atomic mass is 9.97. The van der Waals surface area contributed by atoms with Crippen LogP contribution in [0.2, 0.25) is 0 Å². The molecule has 3 N–H and O–H groups in total. The highest BCUT2D eigenvalue weighted by atomic mass is 35.5. The van der Waals surface area contributed by atoms with Crippen LogP contribution in [0.3, 0.4) is 0 Å². The van der Waals surface area contributed by atoms with E-state index in [2.05, 4.69) is 5.32 Å². The first-order valence-corrected chi connectivity index (χ1v) is 10.5. The Morgan fingerprint density at radius 3 is 2.33 bits per heavy atom. The molecule has 3 rings (SSSR count). The van der Waals surface area contributed by atoms with Crippen molar-refractivity contribution in [2.45, 2.75) is 41.9 Å². The number of benzene rings is 2. The molecule has 27 heavy (non-hydrogen) atoms. The van der Waals surface area contributed by atoms with E-state index in [4.69, 9.17) is 5.73 Å². The molecule has 1 aliphatic rings. The Morgan fingerprint density at radius 2 is 1.70 bits per heavy atom. The summed E-state index contributed by atoms with van der Waals surface area (Å²) in [4.78, 5) is 12.9. The fourth-order valence-corrected chi connectivity index (χ4v) is 4.83. The van der Waals surface area contributed by atoms with Gasteiger partial charge in [0.2, 0.25) is 0 Å². The highest BCUT2D eigenvalue weighted by Crippen LogP contribution is 2.29. The van der Waals surface area contributed by atoms with E-state index in [-0.39, 0.29) is 34.5 Å². The Kier molecular flexibility index (Phi) is 7.03. The largest absolute Gasteiger partial charge is 0.345 e. The SMILES string of the molecule is Cl.NCC1(NC(=O)c2cccc(CS(=O)(=O)c3ccccc3)c2)CCCC1. The number of hydrogen-bond acceptors (Lipinski definition) is 4. The van der Waals surface area contributed by atoms with Gasteiger partial charge in [-0.1, -0.05) is 43.2 Å². The molecular weight excluding hydrogens is 384 g/mol. The predicted molar refractivity (Wildman–Crippen MR) is 109 cm³/mol. The zero-order valence-electron chi connectivity index (χ0n) is 15.1. The van der Waals surface area contributed by atoms with Crippen LogP contribution in [0.1, 0.15) is 41.6 Å². The van der Waals surface area contributed by atoms with Gasteiger partial charge in [-0.15, -0.1) is 12.4 Å². The molecule has 7 heteroatoms. The summed E-state index contributed by atoms with van der Waals surface area (Å²) in [6.45, 7) is 0.417. The Labute approximate surface area is 166 Å². The van der Waals surface area contributed by atoms with Crippen molar-refractivity contribution in [3.63, 3.8) is 0 Å². The second-order valence-corrected chi connectivity index (χ2v) is 8.91. The molecule has 0 atom stereocenters. The smallest absolute Gasteiger partial charge is 0.251 e. The quantitative estimate of drug-likeness (QED) is 0.768. The van der Waals surface area contributed by atoms with Crippen molar-refractivity contribution in [2.75, 3.05) is 6.54 Å². The van der Waals surface area contributed by atoms with Crippen molar-refractivity contribution in [3.05, 3.63) is 65.7 Å². The number of nitrogens with one attached hydrogen (secondary N) is 1. The van der Waals surface area contributed by atoms with Crippen molar-refractivity contribution in [1.82, 2.24) is 5.32 Å². The minimum absolute atomic E-state index is 0. The zero-order chi connectivity index (χ0) is 18.6. The van der Waals surface area contributed by atoms with Crippen LogP contribution >= 0.6 is 12.4 Å². The van der Waals surface area contributed by atoms with Gasteiger partial charge < -0.3 is 11.1 Å². The number of amides is 1. The molecular formula is C20H25ClN2O3S. The maximum absolute atomic E-state index is 12.6. The number of carbonyl (C=O) groups excluding carboxylic acids is 1. The summed E-state index contributed by atoms with van der Waals surface area (Å²) >= 11 is 0. The van der Waals surface area contributed by atoms with Crippen LogP contribution in [0.25, 0.3) is 0 Å². The Morgan fingerprint density at radius 1 is 1.04 bits per heavy atom. The summed E-state index contributed by atoms with van der Waals surface area (Å²) < 4.78 is 25.1. The first-order valence-electron chi connectivity index (χ1n) is 8.83. The summed E-state index contributed by atoms with van der Waals surface area (Å²) in [7, 11) is -3.45. The van der Waals surface area contributed by atoms with Crippen LogP contribution in [0.5, 0.6) is 0 Å². The second-order valence-electron chi connectivity index (χ2n) is 6.92. The first kappa shape index (κ1) is 21.4. The molecule has 1 amide bonds. The van der Waals surface area contributed by atoms with Crippen molar-refractivity contribution < 1.29 is 13.2 Å². The van der Waals surface area contributed by atoms with Gasteiger partial charge >= 0.3 is 0 Å². The highest BCUT2D eigenvalue weighted by Gasteiger charge is 2.34. The number of rotatable bonds is 6. The van der Waals surface area contributed by atoms with Crippen molar-refractivity contribution in [1.29, 1.82) is 0 Å². The van der Waals surface area contributed by atoms with Crippen molar-refractivity contribution >= 4 is 28.2 Å². The normalized spacial score (nSPS) is 15.7. The van der Waals surface area contributed by atoms with E-state index >= 15 is 0 Å². The summed E-state index contributed by atoms with van der Waals surface area (Å²) in [6.07, 6.45) is 3.90. The molecule has 0 bridgehead atoms. The molecule has 0 aromatic heterocycles. The van der Waals surface area contributed by atoms with E-state index < -0.39 is 9.84 Å². The van der Waals surface area contributed by atoms with E-state index in [9.17, 15) is 13.2 Å². The van der Waals surface area contributed by atoms with Gasteiger partial charge in [0.05, 0.1) is 16.2 Å². The van der Waals surface area contributed by atoms with Crippen LogP contribution < -0.4 is 11.1 Å². The highest BCUT2D eigenvalue weighted by molar-refractivity contribution is 7.90. The third kappa shape index (κ3) is 5.09. The Bertz CT molecular complexity index is 879. The summed E-state index contributed by atoms with van der Waals surface area (Å²) in [5.74, 6) is -0.337. The first-order chi connectivity index (χ1) is 12.4. The molecule has 0 aliphatic heterocycles. The number of hydrogen-bond donors (Lipinski definition) is 2. The lowest BCUT2D eigenvalue weighted by molar-refractivity contribution is 0.0903. The molecule has 0 saturated heterocycles. The lowest BCUT2D eigenvalue weighted by Crippen LogP contribution is -2.51. The van der Waals surface area contributed by atoms with Gasteiger partial charge in [0, 0.05) is 12.1 Å². The van der Waals surface area contributed by atoms with E-state index in [1.54, 1.807) is 54.6 Å². The monoisotopic (exact) mass is 408 g/mol. The number of sulfone groups is 1. The van der Waals surface area contributed by atoms with Crippen molar-refractivity contribution in [2.24, 2.45) is 5.73 Å². The van der Waals surface area contributed by atoms with Crippen molar-refractivity contribution in [3.8, 4) is 0 Å². The minimum atomic E-state index is -3.45. The van der Waals surface area contributed by atoms with E-state index in [0.717, 1.165) is 25.7 Å². The van der Waals surface area contributed by atoms with Gasteiger partial charge in [-0.2, -0.15) is 0 Å². The molecule has 1 saturated carbocycles. The summed E-state index contributed by atoms with van der Waals surface area (Å²) in [5, 5.41) is 3.07. The Balaban J connectivity index is 0.00000261. The third-order valence-electron chi connectivity index (χ3n) is 4.98. The molecule has 0 heterocycles. The fourth-order valence-electron chi connectivity index (χ4n) is 3.48. The number of nitrogens with two attached hydrogens (primary N) is 1. The molecule has 1 fully saturated rings. The van der Waals surface area contributed by atoms with Crippen LogP contribution in [0, 0.1) is 0 Å². The molecule has 5 nitrogen and oxygen atoms in total. The zero-order valence-corrected chi connectivity index (χ0v) is 16.7. The maximum atomic E-state index is 12.6. The molecule has 0 spiro atoms. The molecule has 2 aromatic carbocycles. The van der Waals surface area contributed by atoms with Crippen LogP contribution in [-0.2, 0) is 15.6 Å². The number of carbonyl (C=O) groups is 1. The lowest BCUT2D eigenvalue weighted by Gasteiger charge is -2.28. The van der Waals surface area contributed by atoms with Gasteiger partial charge in [-0.25, -0.2) is 8.42 Å². The molecule has 0 radical (unpaired) electrons. The van der Waals surface area contributed by atoms with Crippen LogP contribution in [0.15, 0.2) is 59.5 Å². The topological polar surface area (TPSA) is 89.3 Å². The van der Waals surface area contributed by atoms with E-state index in [1.807, 2.05) is 0 Å². The minimum Gasteiger partial charge on any atom is -0.345 e. The standard InChI is InChI=1S/C20H24N2O3S.ClH/c21-15-20(11-4-5-12-20)22-19(23)17-8-6-7-16(13-17)14-26(24,25)18-9-2-1-3-10-18;/h1-3,6-10,13H,4-5,11-12,14-15,21H2,(H,22,23);1H. The van der Waals surface area contributed by atoms with E-state index in [0.29, 0.717) is 17.7 Å². The molecule has 146 valence electrons. The van der Waals surface area contributed by atoms with Gasteiger partial charge in [0.25, 0.3) is 5.91 Å². The van der Waals surface area contributed by atoms with E-state index in [1.165, 1.54) is 0 Å².